The van der Waals surface area contributed by atoms with Crippen LogP contribution in [0.5, 0.6) is 0 Å². The SMILES string of the molecule is CC1C2(C)CC3C1(C)C(C)(OS3(=O)=O)C2(C)C. The minimum atomic E-state index is -3.39. The second-order valence-electron chi connectivity index (χ2n) is 7.35. The van der Waals surface area contributed by atoms with Gasteiger partial charge in [-0.25, -0.2) is 0 Å². The highest BCUT2D eigenvalue weighted by Gasteiger charge is 2.86. The molecule has 0 spiro atoms. The first-order valence-electron chi connectivity index (χ1n) is 6.40. The lowest BCUT2D eigenvalue weighted by atomic mass is 9.57. The first-order chi connectivity index (χ1) is 7.45. The van der Waals surface area contributed by atoms with Gasteiger partial charge in [0.1, 0.15) is 0 Å². The van der Waals surface area contributed by atoms with Crippen molar-refractivity contribution in [3.05, 3.63) is 0 Å². The Kier molecular flexibility index (Phi) is 1.73. The Balaban J connectivity index is 2.38. The van der Waals surface area contributed by atoms with Crippen LogP contribution in [0, 0.1) is 22.2 Å². The van der Waals surface area contributed by atoms with Gasteiger partial charge < -0.3 is 0 Å². The van der Waals surface area contributed by atoms with Crippen molar-refractivity contribution in [2.45, 2.75) is 58.8 Å². The summed E-state index contributed by atoms with van der Waals surface area (Å²) in [5.41, 5.74) is -0.876. The third-order valence-corrected chi connectivity index (χ3v) is 9.33. The van der Waals surface area contributed by atoms with Crippen molar-refractivity contribution in [3.8, 4) is 0 Å². The van der Waals surface area contributed by atoms with E-state index in [1.54, 1.807) is 0 Å². The van der Waals surface area contributed by atoms with E-state index in [0.717, 1.165) is 6.42 Å². The van der Waals surface area contributed by atoms with Crippen LogP contribution in [-0.4, -0.2) is 19.3 Å². The van der Waals surface area contributed by atoms with Gasteiger partial charge in [-0.05, 0) is 24.7 Å². The molecular formula is C13H22O3S. The molecule has 3 fully saturated rings. The molecule has 2 saturated carbocycles. The molecule has 3 rings (SSSR count). The normalized spacial score (nSPS) is 62.0. The van der Waals surface area contributed by atoms with Crippen molar-refractivity contribution >= 4 is 10.1 Å². The minimum absolute atomic E-state index is 0.0464. The summed E-state index contributed by atoms with van der Waals surface area (Å²) in [5, 5.41) is -0.312. The maximum Gasteiger partial charge on any atom is 0.271 e. The summed E-state index contributed by atoms with van der Waals surface area (Å²) in [4.78, 5) is 0. The second-order valence-corrected chi connectivity index (χ2v) is 9.07. The van der Waals surface area contributed by atoms with E-state index >= 15 is 0 Å². The van der Waals surface area contributed by atoms with E-state index in [4.69, 9.17) is 4.18 Å². The van der Waals surface area contributed by atoms with Gasteiger partial charge in [0.25, 0.3) is 10.1 Å². The van der Waals surface area contributed by atoms with Gasteiger partial charge in [0.05, 0.1) is 10.9 Å². The van der Waals surface area contributed by atoms with Crippen molar-refractivity contribution in [2.24, 2.45) is 22.2 Å². The average molecular weight is 258 g/mol. The quantitative estimate of drug-likeness (QED) is 0.627. The summed E-state index contributed by atoms with van der Waals surface area (Å²) in [6.45, 7) is 12.9. The van der Waals surface area contributed by atoms with Gasteiger partial charge in [0.2, 0.25) is 0 Å². The highest BCUT2D eigenvalue weighted by atomic mass is 32.2. The van der Waals surface area contributed by atoms with Crippen molar-refractivity contribution < 1.29 is 12.6 Å². The van der Waals surface area contributed by atoms with Crippen LogP contribution in [0.4, 0.5) is 0 Å². The molecule has 5 unspecified atom stereocenters. The van der Waals surface area contributed by atoms with Gasteiger partial charge in [0.15, 0.2) is 0 Å². The first-order valence-corrected chi connectivity index (χ1v) is 7.87. The Morgan fingerprint density at radius 2 is 1.65 bits per heavy atom. The van der Waals surface area contributed by atoms with Crippen LogP contribution in [0.25, 0.3) is 0 Å². The highest BCUT2D eigenvalue weighted by Crippen LogP contribution is 2.81. The maximum absolute atomic E-state index is 12.2. The van der Waals surface area contributed by atoms with E-state index < -0.39 is 15.7 Å². The molecule has 0 N–H and O–H groups in total. The second kappa shape index (κ2) is 2.46. The summed E-state index contributed by atoms with van der Waals surface area (Å²) < 4.78 is 30.1. The Labute approximate surface area is 104 Å². The summed E-state index contributed by atoms with van der Waals surface area (Å²) in [5.74, 6) is 0.372. The molecule has 2 aliphatic carbocycles. The predicted molar refractivity (Wildman–Crippen MR) is 66.0 cm³/mol. The lowest BCUT2D eigenvalue weighted by molar-refractivity contribution is -0.0920. The zero-order valence-corrected chi connectivity index (χ0v) is 12.3. The third kappa shape index (κ3) is 0.803. The largest absolute Gasteiger partial charge is 0.271 e. The first kappa shape index (κ1) is 12.0. The molecule has 2 bridgehead atoms. The topological polar surface area (TPSA) is 43.4 Å². The highest BCUT2D eigenvalue weighted by molar-refractivity contribution is 7.87. The predicted octanol–water partition coefficient (Wildman–Crippen LogP) is 2.57. The fourth-order valence-electron chi connectivity index (χ4n) is 5.34. The Hall–Kier alpha value is -0.0900. The monoisotopic (exact) mass is 258 g/mol. The van der Waals surface area contributed by atoms with Crippen LogP contribution in [-0.2, 0) is 14.3 Å². The lowest BCUT2D eigenvalue weighted by Crippen LogP contribution is -2.54. The maximum atomic E-state index is 12.2. The number of rotatable bonds is 0. The molecule has 1 saturated heterocycles. The molecule has 98 valence electrons. The summed E-state index contributed by atoms with van der Waals surface area (Å²) >= 11 is 0. The van der Waals surface area contributed by atoms with Crippen molar-refractivity contribution in [3.63, 3.8) is 0 Å². The van der Waals surface area contributed by atoms with Gasteiger partial charge in [-0.3, -0.25) is 4.18 Å². The fraction of sp³-hybridized carbons (Fsp3) is 1.00. The van der Waals surface area contributed by atoms with Crippen molar-refractivity contribution in [1.82, 2.24) is 0 Å². The number of hydrogen-bond donors (Lipinski definition) is 0. The molecule has 0 radical (unpaired) electrons. The molecule has 0 amide bonds. The third-order valence-electron chi connectivity index (χ3n) is 7.41. The van der Waals surface area contributed by atoms with E-state index in [9.17, 15) is 8.42 Å². The smallest absolute Gasteiger partial charge is 0.262 e. The van der Waals surface area contributed by atoms with Crippen LogP contribution in [0.1, 0.15) is 48.0 Å². The van der Waals surface area contributed by atoms with Crippen molar-refractivity contribution in [2.75, 3.05) is 0 Å². The molecule has 1 heterocycles. The molecule has 1 aliphatic heterocycles. The van der Waals surface area contributed by atoms with Crippen LogP contribution in [0.3, 0.4) is 0 Å². The van der Waals surface area contributed by atoms with Crippen molar-refractivity contribution in [1.29, 1.82) is 0 Å². The van der Waals surface area contributed by atoms with Gasteiger partial charge in [0, 0.05) is 10.8 Å². The standard InChI is InChI=1S/C13H22O3S/c1-8-11(4)7-9-12(8,5)13(6,10(11,2)3)16-17(9,14)15/h8-9H,7H2,1-6H3. The molecule has 0 aromatic heterocycles. The molecule has 17 heavy (non-hydrogen) atoms. The summed E-state index contributed by atoms with van der Waals surface area (Å²) in [6.07, 6.45) is 0.746. The summed E-state index contributed by atoms with van der Waals surface area (Å²) in [6, 6.07) is 0. The minimum Gasteiger partial charge on any atom is -0.262 e. The van der Waals surface area contributed by atoms with E-state index in [1.165, 1.54) is 0 Å². The van der Waals surface area contributed by atoms with E-state index in [-0.39, 0.29) is 21.5 Å². The van der Waals surface area contributed by atoms with Crippen LogP contribution in [0.2, 0.25) is 0 Å². The van der Waals surface area contributed by atoms with Gasteiger partial charge in [-0.2, -0.15) is 8.42 Å². The van der Waals surface area contributed by atoms with Crippen LogP contribution < -0.4 is 0 Å². The fourth-order valence-corrected chi connectivity index (χ4v) is 7.88. The van der Waals surface area contributed by atoms with E-state index in [1.807, 2.05) is 6.92 Å². The lowest BCUT2D eigenvalue weighted by Gasteiger charge is -2.49. The zero-order chi connectivity index (χ0) is 13.1. The van der Waals surface area contributed by atoms with Gasteiger partial charge >= 0.3 is 0 Å². The Morgan fingerprint density at radius 3 is 2.06 bits per heavy atom. The zero-order valence-electron chi connectivity index (χ0n) is 11.5. The van der Waals surface area contributed by atoms with E-state index in [2.05, 4.69) is 34.6 Å². The van der Waals surface area contributed by atoms with E-state index in [0.29, 0.717) is 5.92 Å². The molecule has 3 nitrogen and oxygen atoms in total. The molecule has 5 atom stereocenters. The molecule has 0 aromatic carbocycles. The van der Waals surface area contributed by atoms with Gasteiger partial charge in [-0.1, -0.05) is 34.6 Å². The summed E-state index contributed by atoms with van der Waals surface area (Å²) in [7, 11) is -3.39. The molecule has 3 aliphatic rings. The number of fused-ring (bicyclic) bond motifs is 1. The van der Waals surface area contributed by atoms with Crippen LogP contribution in [0.15, 0.2) is 0 Å². The average Bonchev–Trinajstić information content (AvgIpc) is 2.49. The Bertz CT molecular complexity index is 504. The molecule has 0 aromatic rings. The molecular weight excluding hydrogens is 236 g/mol. The number of hydrogen-bond acceptors (Lipinski definition) is 3. The molecule has 4 heteroatoms. The van der Waals surface area contributed by atoms with Crippen LogP contribution >= 0.6 is 0 Å². The Morgan fingerprint density at radius 1 is 1.12 bits per heavy atom. The van der Waals surface area contributed by atoms with Gasteiger partial charge in [-0.15, -0.1) is 0 Å².